The van der Waals surface area contributed by atoms with E-state index >= 15 is 0 Å². The van der Waals surface area contributed by atoms with Crippen molar-refractivity contribution in [2.45, 2.75) is 0 Å². The van der Waals surface area contributed by atoms with Crippen LogP contribution in [0.4, 0.5) is 0 Å². The smallest absolute Gasteiger partial charge is 1.00 e. The molecule has 0 aromatic rings. The Morgan fingerprint density at radius 1 is 1.25 bits per heavy atom. The molecule has 0 amide bonds. The van der Waals surface area contributed by atoms with Gasteiger partial charge in [0.05, 0.1) is 0 Å². The fraction of sp³-hybridized carbons (Fsp3) is 0. The Morgan fingerprint density at radius 3 is 1.25 bits per heavy atom. The molecule has 0 saturated heterocycles. The van der Waals surface area contributed by atoms with Crippen LogP contribution in [0, 0.1) is 0 Å². The van der Waals surface area contributed by atoms with Gasteiger partial charge in [0.1, 0.15) is 0 Å². The molecule has 0 aliphatic heterocycles. The van der Waals surface area contributed by atoms with Gasteiger partial charge in [-0.25, -0.2) is 0 Å². The van der Waals surface area contributed by atoms with Gasteiger partial charge in [-0.1, -0.05) is 0 Å². The molecule has 5 N–H and O–H groups in total. The van der Waals surface area contributed by atoms with Gasteiger partial charge in [0, 0.05) is 22.4 Å². The quantitative estimate of drug-likeness (QED) is 0.474. The molecule has 0 unspecified atom stereocenters. The topological polar surface area (TPSA) is 66.5 Å². The summed E-state index contributed by atoms with van der Waals surface area (Å²) in [5.74, 6) is 0. The van der Waals surface area contributed by atoms with Gasteiger partial charge in [-0.2, -0.15) is 0 Å². The standard InChI is InChI=1S/Ca.H3N.Nb.H2O.2H/h;1H3;;1H2;;/q+2;;;;2*-1. The van der Waals surface area contributed by atoms with Crippen LogP contribution in [-0.2, 0) is 22.4 Å². The summed E-state index contributed by atoms with van der Waals surface area (Å²) in [5, 5.41) is 0. The Hall–Kier alpha value is 1.92. The van der Waals surface area contributed by atoms with Gasteiger partial charge in [0.15, 0.2) is 0 Å². The first-order chi connectivity index (χ1) is 0. The summed E-state index contributed by atoms with van der Waals surface area (Å²) >= 11 is 0. The van der Waals surface area contributed by atoms with Crippen LogP contribution >= 0.6 is 0 Å². The molecular weight excluding hydrogens is 163 g/mol. The maximum Gasteiger partial charge on any atom is 2.00 e. The van der Waals surface area contributed by atoms with Crippen molar-refractivity contribution >= 4 is 37.7 Å². The molecule has 0 bridgehead atoms. The molecule has 0 aliphatic carbocycles. The molecule has 0 spiro atoms. The van der Waals surface area contributed by atoms with Crippen molar-refractivity contribution in [2.24, 2.45) is 0 Å². The average Bonchev–Trinajstić information content (AvgIpc) is 0. The van der Waals surface area contributed by atoms with E-state index in [2.05, 4.69) is 0 Å². The number of hydrogen-bond donors (Lipinski definition) is 1. The Morgan fingerprint density at radius 2 is 1.25 bits per heavy atom. The van der Waals surface area contributed by atoms with E-state index in [-0.39, 0.29) is 74.6 Å². The van der Waals surface area contributed by atoms with E-state index in [0.29, 0.717) is 0 Å². The van der Waals surface area contributed by atoms with Gasteiger partial charge in [-0.3, -0.25) is 0 Å². The average molecular weight is 170 g/mol. The van der Waals surface area contributed by atoms with Crippen molar-refractivity contribution in [1.82, 2.24) is 6.15 Å². The van der Waals surface area contributed by atoms with E-state index in [9.17, 15) is 0 Å². The molecule has 4 heavy (non-hydrogen) atoms. The maximum absolute atomic E-state index is 0. The maximum atomic E-state index is 0. The van der Waals surface area contributed by atoms with Crippen LogP contribution < -0.4 is 6.15 Å². The zero-order valence-corrected chi connectivity index (χ0v) is 6.77. The van der Waals surface area contributed by atoms with Gasteiger partial charge in [0.2, 0.25) is 0 Å². The minimum Gasteiger partial charge on any atom is -1.00 e. The van der Waals surface area contributed by atoms with Gasteiger partial charge in [-0.05, 0) is 0 Å². The second-order valence-electron chi connectivity index (χ2n) is 0. The minimum absolute atomic E-state index is 0. The molecular formula is H7CaNNbO. The Bertz CT molecular complexity index is 13.5. The second-order valence-corrected chi connectivity index (χ2v) is 0. The van der Waals surface area contributed by atoms with Crippen LogP contribution in [0.3, 0.4) is 0 Å². The van der Waals surface area contributed by atoms with E-state index in [0.717, 1.165) is 0 Å². The monoisotopic (exact) mass is 170 g/mol. The summed E-state index contributed by atoms with van der Waals surface area (Å²) in [6.45, 7) is 0. The van der Waals surface area contributed by atoms with Gasteiger partial charge in [-0.15, -0.1) is 0 Å². The third-order valence-corrected chi connectivity index (χ3v) is 0. The van der Waals surface area contributed by atoms with E-state index in [1.165, 1.54) is 0 Å². The molecule has 4 heteroatoms. The zero-order valence-electron chi connectivity index (χ0n) is 4.36. The van der Waals surface area contributed by atoms with E-state index in [1.807, 2.05) is 0 Å². The molecule has 0 saturated carbocycles. The third-order valence-electron chi connectivity index (χ3n) is 0. The molecule has 0 rings (SSSR count). The molecule has 2 nitrogen and oxygen atoms in total. The van der Waals surface area contributed by atoms with Crippen molar-refractivity contribution in [2.75, 3.05) is 0 Å². The predicted molar refractivity (Wildman–Crippen MR) is 16.6 cm³/mol. The van der Waals surface area contributed by atoms with Crippen molar-refractivity contribution in [1.29, 1.82) is 0 Å². The largest absolute Gasteiger partial charge is 2.00 e. The first kappa shape index (κ1) is 38.9. The molecule has 0 aromatic carbocycles. The summed E-state index contributed by atoms with van der Waals surface area (Å²) in [4.78, 5) is 0. The Balaban J connectivity index is 0. The van der Waals surface area contributed by atoms with Crippen LogP contribution in [0.1, 0.15) is 2.85 Å². The van der Waals surface area contributed by atoms with E-state index in [1.54, 1.807) is 0 Å². The SMILES string of the molecule is N.O.[Ca+2].[H-].[H-].[Nb]. The summed E-state index contributed by atoms with van der Waals surface area (Å²) in [7, 11) is 0. The molecule has 0 aromatic heterocycles. The Kier molecular flexibility index (Phi) is 199. The van der Waals surface area contributed by atoms with Gasteiger partial charge < -0.3 is 14.5 Å². The summed E-state index contributed by atoms with van der Waals surface area (Å²) in [5.41, 5.74) is 0. The predicted octanol–water partition coefficient (Wildman–Crippen LogP) is -0.821. The zero-order chi connectivity index (χ0) is 0. The number of hydrogen-bond acceptors (Lipinski definition) is 1. The first-order valence-electron chi connectivity index (χ1n) is 0. The number of rotatable bonds is 0. The van der Waals surface area contributed by atoms with Crippen molar-refractivity contribution < 1.29 is 30.7 Å². The van der Waals surface area contributed by atoms with Crippen LogP contribution in [-0.4, -0.2) is 43.2 Å². The fourth-order valence-corrected chi connectivity index (χ4v) is 0. The second kappa shape index (κ2) is 20.5. The van der Waals surface area contributed by atoms with Crippen molar-refractivity contribution in [3.8, 4) is 0 Å². The van der Waals surface area contributed by atoms with E-state index < -0.39 is 0 Å². The fourth-order valence-electron chi connectivity index (χ4n) is 0. The summed E-state index contributed by atoms with van der Waals surface area (Å²) in [6.07, 6.45) is 0. The third kappa shape index (κ3) is 9.07. The molecule has 0 heterocycles. The molecule has 1 radical (unpaired) electrons. The van der Waals surface area contributed by atoms with Crippen LogP contribution in [0.25, 0.3) is 0 Å². The van der Waals surface area contributed by atoms with Crippen LogP contribution in [0.15, 0.2) is 0 Å². The first-order valence-corrected chi connectivity index (χ1v) is 0. The molecule has 0 aliphatic rings. The van der Waals surface area contributed by atoms with Gasteiger partial charge in [0.25, 0.3) is 0 Å². The van der Waals surface area contributed by atoms with Crippen LogP contribution in [0.2, 0.25) is 0 Å². The Labute approximate surface area is 73.7 Å². The molecule has 25 valence electrons. The summed E-state index contributed by atoms with van der Waals surface area (Å²) in [6, 6.07) is 0. The van der Waals surface area contributed by atoms with Crippen molar-refractivity contribution in [3.63, 3.8) is 0 Å². The molecule has 0 atom stereocenters. The molecule has 0 fully saturated rings. The normalized spacial score (nSPS) is 0. The minimum atomic E-state index is 0. The van der Waals surface area contributed by atoms with E-state index in [4.69, 9.17) is 0 Å². The van der Waals surface area contributed by atoms with Gasteiger partial charge >= 0.3 is 37.7 Å². The van der Waals surface area contributed by atoms with Crippen molar-refractivity contribution in [3.05, 3.63) is 0 Å². The summed E-state index contributed by atoms with van der Waals surface area (Å²) < 4.78 is 0. The van der Waals surface area contributed by atoms with Crippen LogP contribution in [0.5, 0.6) is 0 Å².